The van der Waals surface area contributed by atoms with Crippen LogP contribution in [-0.2, 0) is 10.0 Å². The van der Waals surface area contributed by atoms with Crippen LogP contribution in [0.15, 0.2) is 36.8 Å². The fraction of sp³-hybridized carbons (Fsp3) is 0.348. The fourth-order valence-electron chi connectivity index (χ4n) is 3.81. The van der Waals surface area contributed by atoms with Gasteiger partial charge < -0.3 is 10.5 Å². The zero-order valence-electron chi connectivity index (χ0n) is 19.2. The van der Waals surface area contributed by atoms with Gasteiger partial charge in [-0.3, -0.25) is 14.5 Å². The lowest BCUT2D eigenvalue weighted by Gasteiger charge is -2.21. The molecule has 0 saturated heterocycles. The fourth-order valence-corrected chi connectivity index (χ4v) is 5.08. The highest BCUT2D eigenvalue weighted by atomic mass is 32.2. The van der Waals surface area contributed by atoms with Crippen molar-refractivity contribution in [2.24, 2.45) is 5.73 Å². The molecule has 1 atom stereocenters. The molecule has 1 saturated carbocycles. The van der Waals surface area contributed by atoms with E-state index in [2.05, 4.69) is 24.7 Å². The van der Waals surface area contributed by atoms with E-state index in [0.717, 1.165) is 0 Å². The number of anilines is 1. The second kappa shape index (κ2) is 9.90. The van der Waals surface area contributed by atoms with Gasteiger partial charge in [0.2, 0.25) is 21.9 Å². The minimum Gasteiger partial charge on any atom is -0.477 e. The van der Waals surface area contributed by atoms with Crippen LogP contribution in [0, 0.1) is 5.82 Å². The molecule has 1 aromatic carbocycles. The molecule has 4 rings (SSSR count). The zero-order valence-corrected chi connectivity index (χ0v) is 20.0. The number of ether oxygens (including phenoxy) is 1. The summed E-state index contributed by atoms with van der Waals surface area (Å²) in [5, 5.41) is -0.454. The van der Waals surface area contributed by atoms with Crippen LogP contribution in [0.2, 0.25) is 0 Å². The van der Waals surface area contributed by atoms with E-state index >= 15 is 4.39 Å². The molecular weight excluding hydrogens is 475 g/mol. The Morgan fingerprint density at radius 1 is 1.23 bits per heavy atom. The van der Waals surface area contributed by atoms with Gasteiger partial charge in [-0.05, 0) is 38.3 Å². The largest absolute Gasteiger partial charge is 0.477 e. The number of aromatic nitrogens is 4. The number of nitrogens with one attached hydrogen (secondary N) is 1. The first kappa shape index (κ1) is 24.5. The van der Waals surface area contributed by atoms with Crippen molar-refractivity contribution >= 4 is 21.9 Å². The number of carbonyl (C=O) groups is 1. The monoisotopic (exact) mass is 500 g/mol. The summed E-state index contributed by atoms with van der Waals surface area (Å²) in [5.41, 5.74) is 6.36. The van der Waals surface area contributed by atoms with Crippen LogP contribution in [0.3, 0.4) is 0 Å². The first-order valence-electron chi connectivity index (χ1n) is 11.2. The van der Waals surface area contributed by atoms with Crippen LogP contribution in [0.25, 0.3) is 11.3 Å². The number of sulfonamides is 1. The van der Waals surface area contributed by atoms with Crippen molar-refractivity contribution < 1.29 is 22.3 Å². The first-order chi connectivity index (χ1) is 16.7. The van der Waals surface area contributed by atoms with Gasteiger partial charge >= 0.3 is 0 Å². The third-order valence-electron chi connectivity index (χ3n) is 5.61. The summed E-state index contributed by atoms with van der Waals surface area (Å²) in [7, 11) is -3.58. The summed E-state index contributed by atoms with van der Waals surface area (Å²) in [6.07, 6.45) is 5.86. The normalized spacial score (nSPS) is 14.4. The van der Waals surface area contributed by atoms with Crippen molar-refractivity contribution in [2.75, 3.05) is 11.3 Å². The predicted molar refractivity (Wildman–Crippen MR) is 127 cm³/mol. The first-order valence-corrected chi connectivity index (χ1v) is 12.7. The second-order valence-electron chi connectivity index (χ2n) is 8.04. The maximum absolute atomic E-state index is 15.8. The SMILES string of the molecule is CCOc1cncc(-c2ccc(C(N)=O)c(F)c2C(CC)c2ccnc(NS(=O)(=O)C3CC3)n2)n1. The van der Waals surface area contributed by atoms with Gasteiger partial charge in [-0.1, -0.05) is 13.0 Å². The Labute approximate surface area is 202 Å². The van der Waals surface area contributed by atoms with Crippen LogP contribution < -0.4 is 15.2 Å². The molecule has 12 heteroatoms. The number of rotatable bonds is 10. The van der Waals surface area contributed by atoms with E-state index in [0.29, 0.717) is 42.8 Å². The number of benzene rings is 1. The molecule has 3 aromatic rings. The lowest BCUT2D eigenvalue weighted by molar-refractivity contribution is 0.0996. The Morgan fingerprint density at radius 2 is 2.00 bits per heavy atom. The average molecular weight is 501 g/mol. The molecule has 0 spiro atoms. The van der Waals surface area contributed by atoms with Crippen LogP contribution >= 0.6 is 0 Å². The summed E-state index contributed by atoms with van der Waals surface area (Å²) in [6, 6.07) is 4.43. The highest BCUT2D eigenvalue weighted by Crippen LogP contribution is 2.38. The Balaban J connectivity index is 1.83. The lowest BCUT2D eigenvalue weighted by Crippen LogP contribution is -2.20. The molecule has 0 bridgehead atoms. The summed E-state index contributed by atoms with van der Waals surface area (Å²) in [6.45, 7) is 4.00. The third-order valence-corrected chi connectivity index (χ3v) is 7.43. The molecule has 1 fully saturated rings. The quantitative estimate of drug-likeness (QED) is 0.431. The molecule has 1 unspecified atom stereocenters. The Hall–Kier alpha value is -3.67. The molecule has 0 radical (unpaired) electrons. The van der Waals surface area contributed by atoms with Gasteiger partial charge in [0.05, 0.1) is 41.2 Å². The lowest BCUT2D eigenvalue weighted by atomic mass is 9.86. The van der Waals surface area contributed by atoms with Crippen molar-refractivity contribution in [3.05, 3.63) is 59.4 Å². The minimum atomic E-state index is -3.58. The van der Waals surface area contributed by atoms with Crippen LogP contribution in [-0.4, -0.2) is 46.1 Å². The summed E-state index contributed by atoms with van der Waals surface area (Å²) in [4.78, 5) is 28.9. The van der Waals surface area contributed by atoms with Gasteiger partial charge in [0.15, 0.2) is 0 Å². The number of amides is 1. The summed E-state index contributed by atoms with van der Waals surface area (Å²) >= 11 is 0. The molecule has 35 heavy (non-hydrogen) atoms. The minimum absolute atomic E-state index is 0.0981. The molecule has 0 aliphatic heterocycles. The van der Waals surface area contributed by atoms with Crippen molar-refractivity contribution in [3.63, 3.8) is 0 Å². The molecule has 1 amide bonds. The van der Waals surface area contributed by atoms with Gasteiger partial charge in [0.25, 0.3) is 5.91 Å². The highest BCUT2D eigenvalue weighted by Gasteiger charge is 2.36. The van der Waals surface area contributed by atoms with E-state index in [9.17, 15) is 13.2 Å². The van der Waals surface area contributed by atoms with Crippen LogP contribution in [0.4, 0.5) is 10.3 Å². The van der Waals surface area contributed by atoms with Crippen molar-refractivity contribution in [1.29, 1.82) is 0 Å². The molecule has 10 nitrogen and oxygen atoms in total. The number of hydrogen-bond donors (Lipinski definition) is 2. The van der Waals surface area contributed by atoms with Crippen molar-refractivity contribution in [2.45, 2.75) is 44.3 Å². The topological polar surface area (TPSA) is 150 Å². The standard InChI is InChI=1S/C23H25FN6O4S/c1-3-14(17-9-10-27-23(29-17)30-35(32,33)13-5-6-13)20-15(7-8-16(21(20)24)22(25)31)18-11-26-12-19(28-18)34-4-2/h7-14H,3-6H2,1-2H3,(H2,25,31)(H,27,29,30). The van der Waals surface area contributed by atoms with E-state index in [-0.39, 0.29) is 23.0 Å². The van der Waals surface area contributed by atoms with E-state index in [4.69, 9.17) is 10.5 Å². The van der Waals surface area contributed by atoms with Gasteiger partial charge in [0, 0.05) is 23.2 Å². The maximum atomic E-state index is 15.8. The molecule has 1 aliphatic rings. The average Bonchev–Trinajstić information content (AvgIpc) is 3.67. The maximum Gasteiger partial charge on any atom is 0.251 e. The number of halogens is 1. The van der Waals surface area contributed by atoms with Crippen LogP contribution in [0.1, 0.15) is 60.6 Å². The van der Waals surface area contributed by atoms with E-state index in [1.54, 1.807) is 19.1 Å². The number of nitrogens with zero attached hydrogens (tertiary/aromatic N) is 4. The smallest absolute Gasteiger partial charge is 0.251 e. The van der Waals surface area contributed by atoms with Gasteiger partial charge in [0.1, 0.15) is 5.82 Å². The summed E-state index contributed by atoms with van der Waals surface area (Å²) in [5.74, 6) is -2.22. The molecule has 3 N–H and O–H groups in total. The van der Waals surface area contributed by atoms with E-state index in [1.165, 1.54) is 24.7 Å². The second-order valence-corrected chi connectivity index (χ2v) is 10.0. The Morgan fingerprint density at radius 3 is 2.66 bits per heavy atom. The molecule has 2 heterocycles. The summed E-state index contributed by atoms with van der Waals surface area (Å²) < 4.78 is 48.3. The Kier molecular flexibility index (Phi) is 6.92. The van der Waals surface area contributed by atoms with Gasteiger partial charge in [-0.15, -0.1) is 0 Å². The molecular formula is C23H25FN6O4S. The third kappa shape index (κ3) is 5.21. The Bertz CT molecular complexity index is 1360. The highest BCUT2D eigenvalue weighted by molar-refractivity contribution is 7.93. The number of primary amides is 1. The van der Waals surface area contributed by atoms with Crippen molar-refractivity contribution in [3.8, 4) is 17.1 Å². The van der Waals surface area contributed by atoms with Crippen LogP contribution in [0.5, 0.6) is 5.88 Å². The van der Waals surface area contributed by atoms with Gasteiger partial charge in [-0.2, -0.15) is 0 Å². The number of hydrogen-bond acceptors (Lipinski definition) is 8. The predicted octanol–water partition coefficient (Wildman–Crippen LogP) is 3.02. The molecule has 2 aromatic heterocycles. The number of nitrogens with two attached hydrogens (primary N) is 1. The van der Waals surface area contributed by atoms with E-state index < -0.39 is 32.9 Å². The number of carbonyl (C=O) groups excluding carboxylic acids is 1. The van der Waals surface area contributed by atoms with Crippen molar-refractivity contribution in [1.82, 2.24) is 19.9 Å². The molecule has 184 valence electrons. The van der Waals surface area contributed by atoms with E-state index in [1.807, 2.05) is 6.92 Å². The molecule has 1 aliphatic carbocycles. The van der Waals surface area contributed by atoms with Gasteiger partial charge in [-0.25, -0.2) is 27.8 Å². The zero-order chi connectivity index (χ0) is 25.2.